The molecule has 2 N–H and O–H groups in total. The van der Waals surface area contributed by atoms with E-state index < -0.39 is 30.2 Å². The van der Waals surface area contributed by atoms with E-state index >= 15 is 0 Å². The van der Waals surface area contributed by atoms with Crippen molar-refractivity contribution < 1.29 is 27.5 Å². The van der Waals surface area contributed by atoms with Crippen LogP contribution < -0.4 is 10.6 Å². The number of nitrogens with one attached hydrogen (secondary N) is 2. The first-order valence-corrected chi connectivity index (χ1v) is 8.60. The van der Waals surface area contributed by atoms with Crippen molar-refractivity contribution in [2.45, 2.75) is 25.9 Å². The molecule has 0 saturated carbocycles. The lowest BCUT2D eigenvalue weighted by molar-refractivity contribution is -0.137. The number of benzene rings is 2. The van der Waals surface area contributed by atoms with Crippen molar-refractivity contribution in [1.29, 1.82) is 0 Å². The molecule has 8 heteroatoms. The first-order chi connectivity index (χ1) is 13.1. The van der Waals surface area contributed by atoms with Crippen molar-refractivity contribution in [2.75, 3.05) is 23.8 Å². The standard InChI is InChI=1S/C20H21F3N2O3/c1-13(2)14-6-8-16(9-7-14)24-18(26)11-28-12-19(27)25-17-5-3-4-15(10-17)20(21,22)23/h3-10,13H,11-12H2,1-2H3,(H,24,26)(H,25,27). The normalized spacial score (nSPS) is 11.4. The maximum atomic E-state index is 12.7. The van der Waals surface area contributed by atoms with Crippen LogP contribution >= 0.6 is 0 Å². The van der Waals surface area contributed by atoms with Gasteiger partial charge < -0.3 is 15.4 Å². The van der Waals surface area contributed by atoms with Gasteiger partial charge in [-0.15, -0.1) is 0 Å². The van der Waals surface area contributed by atoms with E-state index in [0.717, 1.165) is 17.7 Å². The molecule has 0 atom stereocenters. The Morgan fingerprint density at radius 3 is 2.04 bits per heavy atom. The number of carbonyl (C=O) groups excluding carboxylic acids is 2. The molecule has 2 aromatic carbocycles. The summed E-state index contributed by atoms with van der Waals surface area (Å²) in [4.78, 5) is 23.6. The summed E-state index contributed by atoms with van der Waals surface area (Å²) in [7, 11) is 0. The summed E-state index contributed by atoms with van der Waals surface area (Å²) in [5, 5.41) is 4.93. The molecule has 0 radical (unpaired) electrons. The molecule has 5 nitrogen and oxygen atoms in total. The lowest BCUT2D eigenvalue weighted by Gasteiger charge is -2.10. The largest absolute Gasteiger partial charge is 0.416 e. The Morgan fingerprint density at radius 1 is 0.929 bits per heavy atom. The molecular formula is C20H21F3N2O3. The van der Waals surface area contributed by atoms with Crippen molar-refractivity contribution in [2.24, 2.45) is 0 Å². The average molecular weight is 394 g/mol. The molecule has 0 aromatic heterocycles. The van der Waals surface area contributed by atoms with Gasteiger partial charge in [-0.25, -0.2) is 0 Å². The highest BCUT2D eigenvalue weighted by Crippen LogP contribution is 2.30. The third-order valence-corrected chi connectivity index (χ3v) is 3.80. The number of carbonyl (C=O) groups is 2. The maximum absolute atomic E-state index is 12.7. The average Bonchev–Trinajstić information content (AvgIpc) is 2.61. The number of rotatable bonds is 7. The summed E-state index contributed by atoms with van der Waals surface area (Å²) in [5.74, 6) is -0.721. The molecule has 0 aliphatic rings. The number of halogens is 3. The Morgan fingerprint density at radius 2 is 1.50 bits per heavy atom. The number of alkyl halides is 3. The van der Waals surface area contributed by atoms with E-state index in [1.54, 1.807) is 12.1 Å². The molecule has 0 spiro atoms. The zero-order valence-corrected chi connectivity index (χ0v) is 15.5. The van der Waals surface area contributed by atoms with Gasteiger partial charge in [0.2, 0.25) is 11.8 Å². The van der Waals surface area contributed by atoms with Gasteiger partial charge >= 0.3 is 6.18 Å². The molecular weight excluding hydrogens is 373 g/mol. The fraction of sp³-hybridized carbons (Fsp3) is 0.300. The third kappa shape index (κ3) is 6.70. The molecule has 0 bridgehead atoms. The van der Waals surface area contributed by atoms with Gasteiger partial charge in [-0.3, -0.25) is 9.59 Å². The Labute approximate surface area is 160 Å². The first kappa shape index (κ1) is 21.4. The van der Waals surface area contributed by atoms with E-state index in [1.165, 1.54) is 12.1 Å². The highest BCUT2D eigenvalue weighted by atomic mass is 19.4. The molecule has 0 aliphatic carbocycles. The van der Waals surface area contributed by atoms with E-state index in [2.05, 4.69) is 24.5 Å². The lowest BCUT2D eigenvalue weighted by Crippen LogP contribution is -2.24. The number of hydrogen-bond donors (Lipinski definition) is 2. The molecule has 2 rings (SSSR count). The number of hydrogen-bond acceptors (Lipinski definition) is 3. The van der Waals surface area contributed by atoms with Gasteiger partial charge in [0.05, 0.1) is 5.56 Å². The van der Waals surface area contributed by atoms with Crippen LogP contribution in [0, 0.1) is 0 Å². The van der Waals surface area contributed by atoms with Crippen LogP contribution in [0.5, 0.6) is 0 Å². The summed E-state index contributed by atoms with van der Waals surface area (Å²) < 4.78 is 43.0. The van der Waals surface area contributed by atoms with E-state index in [0.29, 0.717) is 11.6 Å². The van der Waals surface area contributed by atoms with E-state index in [4.69, 9.17) is 4.74 Å². The van der Waals surface area contributed by atoms with Crippen molar-refractivity contribution >= 4 is 23.2 Å². The van der Waals surface area contributed by atoms with Gasteiger partial charge in [0.1, 0.15) is 13.2 Å². The molecule has 0 heterocycles. The van der Waals surface area contributed by atoms with Gasteiger partial charge in [0, 0.05) is 11.4 Å². The number of amides is 2. The van der Waals surface area contributed by atoms with Crippen molar-refractivity contribution in [3.05, 3.63) is 59.7 Å². The van der Waals surface area contributed by atoms with Crippen LogP contribution in [0.3, 0.4) is 0 Å². The predicted molar refractivity (Wildman–Crippen MR) is 100 cm³/mol. The highest BCUT2D eigenvalue weighted by molar-refractivity contribution is 5.93. The second-order valence-corrected chi connectivity index (χ2v) is 6.44. The van der Waals surface area contributed by atoms with Gasteiger partial charge in [0.25, 0.3) is 0 Å². The van der Waals surface area contributed by atoms with E-state index in [-0.39, 0.29) is 12.3 Å². The van der Waals surface area contributed by atoms with Gasteiger partial charge in [-0.05, 0) is 41.8 Å². The summed E-state index contributed by atoms with van der Waals surface area (Å²) in [6.07, 6.45) is -4.50. The van der Waals surface area contributed by atoms with Crippen molar-refractivity contribution in [1.82, 2.24) is 0 Å². The molecule has 2 amide bonds. The Balaban J connectivity index is 1.76. The number of anilines is 2. The predicted octanol–water partition coefficient (Wildman–Crippen LogP) is 4.42. The third-order valence-electron chi connectivity index (χ3n) is 3.80. The van der Waals surface area contributed by atoms with Crippen LogP contribution in [-0.4, -0.2) is 25.0 Å². The minimum atomic E-state index is -4.50. The first-order valence-electron chi connectivity index (χ1n) is 8.60. The second-order valence-electron chi connectivity index (χ2n) is 6.44. The van der Waals surface area contributed by atoms with Gasteiger partial charge in [-0.1, -0.05) is 32.0 Å². The van der Waals surface area contributed by atoms with Crippen LogP contribution in [0.1, 0.15) is 30.9 Å². The van der Waals surface area contributed by atoms with Crippen molar-refractivity contribution in [3.63, 3.8) is 0 Å². The van der Waals surface area contributed by atoms with Crippen molar-refractivity contribution in [3.8, 4) is 0 Å². The minimum absolute atomic E-state index is 0.00174. The minimum Gasteiger partial charge on any atom is -0.362 e. The zero-order chi connectivity index (χ0) is 20.7. The summed E-state index contributed by atoms with van der Waals surface area (Å²) in [5.41, 5.74) is 0.874. The second kappa shape index (κ2) is 9.36. The monoisotopic (exact) mass is 394 g/mol. The Kier molecular flexibility index (Phi) is 7.17. The molecule has 0 fully saturated rings. The molecule has 28 heavy (non-hydrogen) atoms. The van der Waals surface area contributed by atoms with Crippen LogP contribution in [0.15, 0.2) is 48.5 Å². The zero-order valence-electron chi connectivity index (χ0n) is 15.5. The molecule has 0 saturated heterocycles. The molecule has 150 valence electrons. The SMILES string of the molecule is CC(C)c1ccc(NC(=O)COCC(=O)Nc2cccc(C(F)(F)F)c2)cc1. The number of ether oxygens (including phenoxy) is 1. The molecule has 2 aromatic rings. The fourth-order valence-electron chi connectivity index (χ4n) is 2.36. The van der Waals surface area contributed by atoms with Crippen LogP contribution in [0.25, 0.3) is 0 Å². The lowest BCUT2D eigenvalue weighted by atomic mass is 10.0. The summed E-state index contributed by atoms with van der Waals surface area (Å²) in [6.45, 7) is 3.30. The Bertz CT molecular complexity index is 818. The van der Waals surface area contributed by atoms with E-state index in [9.17, 15) is 22.8 Å². The highest BCUT2D eigenvalue weighted by Gasteiger charge is 2.30. The fourth-order valence-corrected chi connectivity index (χ4v) is 2.36. The topological polar surface area (TPSA) is 67.4 Å². The van der Waals surface area contributed by atoms with Crippen LogP contribution in [-0.2, 0) is 20.5 Å². The smallest absolute Gasteiger partial charge is 0.362 e. The Hall–Kier alpha value is -2.87. The van der Waals surface area contributed by atoms with Crippen LogP contribution in [0.2, 0.25) is 0 Å². The summed E-state index contributed by atoms with van der Waals surface area (Å²) >= 11 is 0. The van der Waals surface area contributed by atoms with E-state index in [1.807, 2.05) is 12.1 Å². The maximum Gasteiger partial charge on any atom is 0.416 e. The quantitative estimate of drug-likeness (QED) is 0.730. The van der Waals surface area contributed by atoms with Gasteiger partial charge in [0.15, 0.2) is 0 Å². The summed E-state index contributed by atoms with van der Waals surface area (Å²) in [6, 6.07) is 11.6. The molecule has 0 aliphatic heterocycles. The van der Waals surface area contributed by atoms with Crippen LogP contribution in [0.4, 0.5) is 24.5 Å². The van der Waals surface area contributed by atoms with Gasteiger partial charge in [-0.2, -0.15) is 13.2 Å². The molecule has 0 unspecified atom stereocenters.